The molecule has 0 aromatic heterocycles. The summed E-state index contributed by atoms with van der Waals surface area (Å²) in [6, 6.07) is 16.4. The minimum atomic E-state index is -3.42. The van der Waals surface area contributed by atoms with E-state index in [2.05, 4.69) is 5.32 Å². The fourth-order valence-electron chi connectivity index (χ4n) is 2.44. The van der Waals surface area contributed by atoms with E-state index in [1.54, 1.807) is 24.3 Å². The molecule has 1 amide bonds. The first-order valence-corrected chi connectivity index (χ1v) is 9.60. The Bertz CT molecular complexity index is 800. The molecule has 6 heteroatoms. The maximum atomic E-state index is 12.1. The van der Waals surface area contributed by atoms with Gasteiger partial charge < -0.3 is 5.32 Å². The molecule has 0 fully saturated rings. The van der Waals surface area contributed by atoms with Gasteiger partial charge in [-0.1, -0.05) is 42.5 Å². The van der Waals surface area contributed by atoms with Crippen LogP contribution in [-0.2, 0) is 21.2 Å². The predicted molar refractivity (Wildman–Crippen MR) is 98.6 cm³/mol. The number of carbonyl (C=O) groups excluding carboxylic acids is 1. The maximum absolute atomic E-state index is 12.1. The molecule has 2 rings (SSSR count). The molecule has 134 valence electrons. The summed E-state index contributed by atoms with van der Waals surface area (Å²) in [6.45, 7) is 1.95. The Hall–Kier alpha value is -2.18. The largest absolute Gasteiger partial charge is 0.350 e. The summed E-state index contributed by atoms with van der Waals surface area (Å²) in [5.41, 5.74) is 1.99. The third-order valence-electron chi connectivity index (χ3n) is 4.02. The molecule has 0 radical (unpaired) electrons. The first-order chi connectivity index (χ1) is 11.8. The third-order valence-corrected chi connectivity index (χ3v) is 5.85. The fraction of sp³-hybridized carbons (Fsp3) is 0.316. The van der Waals surface area contributed by atoms with Crippen molar-refractivity contribution in [3.63, 3.8) is 0 Å². The molecule has 0 saturated carbocycles. The van der Waals surface area contributed by atoms with Gasteiger partial charge >= 0.3 is 0 Å². The highest BCUT2D eigenvalue weighted by atomic mass is 32.2. The van der Waals surface area contributed by atoms with Crippen molar-refractivity contribution in [2.24, 2.45) is 0 Å². The van der Waals surface area contributed by atoms with Crippen molar-refractivity contribution >= 4 is 15.9 Å². The Balaban J connectivity index is 1.90. The van der Waals surface area contributed by atoms with Gasteiger partial charge in [-0.3, -0.25) is 4.79 Å². The van der Waals surface area contributed by atoms with Gasteiger partial charge in [-0.15, -0.1) is 0 Å². The zero-order chi connectivity index (χ0) is 18.4. The highest BCUT2D eigenvalue weighted by Crippen LogP contribution is 2.15. The van der Waals surface area contributed by atoms with Gasteiger partial charge in [0, 0.05) is 20.5 Å². The summed E-state index contributed by atoms with van der Waals surface area (Å²) in [6.07, 6.45) is 0.923. The minimum absolute atomic E-state index is 0.0265. The monoisotopic (exact) mass is 360 g/mol. The topological polar surface area (TPSA) is 66.5 Å². The van der Waals surface area contributed by atoms with E-state index < -0.39 is 10.0 Å². The summed E-state index contributed by atoms with van der Waals surface area (Å²) < 4.78 is 25.2. The van der Waals surface area contributed by atoms with Crippen molar-refractivity contribution in [1.82, 2.24) is 9.62 Å². The van der Waals surface area contributed by atoms with Gasteiger partial charge in [-0.2, -0.15) is 0 Å². The average Bonchev–Trinajstić information content (AvgIpc) is 2.61. The molecule has 2 aromatic carbocycles. The van der Waals surface area contributed by atoms with Crippen LogP contribution in [0.15, 0.2) is 59.5 Å². The van der Waals surface area contributed by atoms with Crippen molar-refractivity contribution in [1.29, 1.82) is 0 Å². The first kappa shape index (κ1) is 19.1. The Kier molecular flexibility index (Phi) is 6.33. The molecule has 0 aliphatic heterocycles. The minimum Gasteiger partial charge on any atom is -0.350 e. The van der Waals surface area contributed by atoms with E-state index >= 15 is 0 Å². The van der Waals surface area contributed by atoms with Gasteiger partial charge in [0.05, 0.1) is 10.9 Å². The van der Waals surface area contributed by atoms with Crippen molar-refractivity contribution in [3.05, 3.63) is 65.7 Å². The van der Waals surface area contributed by atoms with Crippen LogP contribution in [-0.4, -0.2) is 32.7 Å². The van der Waals surface area contributed by atoms with E-state index in [9.17, 15) is 13.2 Å². The SMILES string of the molecule is CC(NC(=O)CCc1ccc(S(=O)(=O)N(C)C)cc1)c1ccccc1. The smallest absolute Gasteiger partial charge is 0.242 e. The number of nitrogens with one attached hydrogen (secondary N) is 1. The quantitative estimate of drug-likeness (QED) is 0.826. The lowest BCUT2D eigenvalue weighted by molar-refractivity contribution is -0.121. The molecule has 5 nitrogen and oxygen atoms in total. The number of hydrogen-bond donors (Lipinski definition) is 1. The van der Waals surface area contributed by atoms with Gasteiger partial charge in [-0.05, 0) is 36.6 Å². The molecule has 0 aliphatic carbocycles. The lowest BCUT2D eigenvalue weighted by Crippen LogP contribution is -2.26. The van der Waals surface area contributed by atoms with Gasteiger partial charge in [0.25, 0.3) is 0 Å². The van der Waals surface area contributed by atoms with E-state index in [0.29, 0.717) is 12.8 Å². The standard InChI is InChI=1S/C19H24N2O3S/c1-15(17-7-5-4-6-8-17)20-19(22)14-11-16-9-12-18(13-10-16)25(23,24)21(2)3/h4-10,12-13,15H,11,14H2,1-3H3,(H,20,22). The van der Waals surface area contributed by atoms with E-state index in [-0.39, 0.29) is 16.8 Å². The van der Waals surface area contributed by atoms with Crippen molar-refractivity contribution in [3.8, 4) is 0 Å². The highest BCUT2D eigenvalue weighted by molar-refractivity contribution is 7.89. The number of benzene rings is 2. The highest BCUT2D eigenvalue weighted by Gasteiger charge is 2.16. The molecule has 1 N–H and O–H groups in total. The van der Waals surface area contributed by atoms with Gasteiger partial charge in [0.2, 0.25) is 15.9 Å². The van der Waals surface area contributed by atoms with Crippen LogP contribution in [0.4, 0.5) is 0 Å². The normalized spacial score (nSPS) is 12.8. The van der Waals surface area contributed by atoms with Gasteiger partial charge in [0.1, 0.15) is 0 Å². The Morgan fingerprint density at radius 1 is 1.04 bits per heavy atom. The molecule has 1 atom stereocenters. The van der Waals surface area contributed by atoms with Gasteiger partial charge in [0.15, 0.2) is 0 Å². The summed E-state index contributed by atoms with van der Waals surface area (Å²) in [4.78, 5) is 12.4. The number of hydrogen-bond acceptors (Lipinski definition) is 3. The van der Waals surface area contributed by atoms with Crippen LogP contribution in [0, 0.1) is 0 Å². The second-order valence-corrected chi connectivity index (χ2v) is 8.28. The molecule has 0 heterocycles. The van der Waals surface area contributed by atoms with Crippen LogP contribution < -0.4 is 5.32 Å². The number of sulfonamides is 1. The van der Waals surface area contributed by atoms with Crippen molar-refractivity contribution in [2.45, 2.75) is 30.7 Å². The molecule has 0 saturated heterocycles. The molecular formula is C19H24N2O3S. The lowest BCUT2D eigenvalue weighted by atomic mass is 10.1. The van der Waals surface area contributed by atoms with E-state index in [1.165, 1.54) is 18.4 Å². The van der Waals surface area contributed by atoms with Crippen molar-refractivity contribution in [2.75, 3.05) is 14.1 Å². The second kappa shape index (κ2) is 8.27. The van der Waals surface area contributed by atoms with E-state index in [0.717, 1.165) is 11.1 Å². The number of nitrogens with zero attached hydrogens (tertiary/aromatic N) is 1. The first-order valence-electron chi connectivity index (χ1n) is 8.16. The van der Waals surface area contributed by atoms with Crippen LogP contribution >= 0.6 is 0 Å². The number of rotatable bonds is 7. The van der Waals surface area contributed by atoms with Gasteiger partial charge in [-0.25, -0.2) is 12.7 Å². The Morgan fingerprint density at radius 3 is 2.20 bits per heavy atom. The zero-order valence-electron chi connectivity index (χ0n) is 14.8. The summed E-state index contributed by atoms with van der Waals surface area (Å²) in [5, 5.41) is 2.98. The summed E-state index contributed by atoms with van der Waals surface area (Å²) in [7, 11) is -0.414. The predicted octanol–water partition coefficient (Wildman–Crippen LogP) is 2.75. The van der Waals surface area contributed by atoms with Crippen LogP contribution in [0.1, 0.15) is 30.5 Å². The summed E-state index contributed by atoms with van der Waals surface area (Å²) >= 11 is 0. The van der Waals surface area contributed by atoms with E-state index in [1.807, 2.05) is 37.3 Å². The number of aryl methyl sites for hydroxylation is 1. The molecule has 25 heavy (non-hydrogen) atoms. The van der Waals surface area contributed by atoms with Crippen LogP contribution in [0.2, 0.25) is 0 Å². The lowest BCUT2D eigenvalue weighted by Gasteiger charge is -2.14. The Labute approximate surface area is 149 Å². The third kappa shape index (κ3) is 5.14. The fourth-order valence-corrected chi connectivity index (χ4v) is 3.34. The van der Waals surface area contributed by atoms with Crippen LogP contribution in [0.25, 0.3) is 0 Å². The molecular weight excluding hydrogens is 336 g/mol. The van der Waals surface area contributed by atoms with Crippen molar-refractivity contribution < 1.29 is 13.2 Å². The maximum Gasteiger partial charge on any atom is 0.242 e. The number of amides is 1. The molecule has 0 aliphatic rings. The number of carbonyl (C=O) groups is 1. The average molecular weight is 360 g/mol. The van der Waals surface area contributed by atoms with E-state index in [4.69, 9.17) is 0 Å². The zero-order valence-corrected chi connectivity index (χ0v) is 15.6. The van der Waals surface area contributed by atoms with Crippen LogP contribution in [0.5, 0.6) is 0 Å². The summed E-state index contributed by atoms with van der Waals surface area (Å²) in [5.74, 6) is -0.0265. The molecule has 1 unspecified atom stereocenters. The molecule has 0 bridgehead atoms. The molecule has 0 spiro atoms. The van der Waals surface area contributed by atoms with Crippen LogP contribution in [0.3, 0.4) is 0 Å². The second-order valence-electron chi connectivity index (χ2n) is 6.13. The Morgan fingerprint density at radius 2 is 1.64 bits per heavy atom. The molecule has 2 aromatic rings.